The van der Waals surface area contributed by atoms with Crippen molar-refractivity contribution >= 4 is 11.6 Å². The van der Waals surface area contributed by atoms with Crippen LogP contribution in [0.2, 0.25) is 0 Å². The largest absolute Gasteiger partial charge is 0.321 e. The van der Waals surface area contributed by atoms with Crippen molar-refractivity contribution in [3.8, 4) is 11.3 Å². The molecule has 0 aliphatic heterocycles. The highest BCUT2D eigenvalue weighted by atomic mass is 16.2. The maximum Gasteiger partial charge on any atom is 0.260 e. The lowest BCUT2D eigenvalue weighted by atomic mass is 9.84. The van der Waals surface area contributed by atoms with E-state index < -0.39 is 11.3 Å². The first-order chi connectivity index (χ1) is 11.2. The highest BCUT2D eigenvalue weighted by Gasteiger charge is 2.32. The minimum atomic E-state index is -0.533. The summed E-state index contributed by atoms with van der Waals surface area (Å²) in [5.41, 5.74) is 1.48. The molecule has 1 aromatic heterocycles. The quantitative estimate of drug-likeness (QED) is 0.588. The van der Waals surface area contributed by atoms with E-state index in [0.717, 1.165) is 5.56 Å². The van der Waals surface area contributed by atoms with Gasteiger partial charge in [-0.15, -0.1) is 0 Å². The molecule has 0 amide bonds. The molecule has 0 unspecified atom stereocenters. The van der Waals surface area contributed by atoms with Gasteiger partial charge in [0.2, 0.25) is 0 Å². The van der Waals surface area contributed by atoms with E-state index in [-0.39, 0.29) is 22.5 Å². The number of aromatic amines is 1. The van der Waals surface area contributed by atoms with Gasteiger partial charge in [-0.2, -0.15) is 0 Å². The molecule has 0 atom stereocenters. The number of hydrogen-bond acceptors (Lipinski definition) is 3. The van der Waals surface area contributed by atoms with Crippen LogP contribution in [0.15, 0.2) is 65.5 Å². The van der Waals surface area contributed by atoms with E-state index in [1.165, 1.54) is 0 Å². The van der Waals surface area contributed by atoms with Crippen molar-refractivity contribution in [3.63, 3.8) is 0 Å². The van der Waals surface area contributed by atoms with Crippen molar-refractivity contribution in [1.82, 2.24) is 4.98 Å². The van der Waals surface area contributed by atoms with E-state index in [1.54, 1.807) is 30.3 Å². The summed E-state index contributed by atoms with van der Waals surface area (Å²) in [6.45, 7) is 0. The molecule has 1 aliphatic rings. The van der Waals surface area contributed by atoms with Gasteiger partial charge in [0.25, 0.3) is 5.56 Å². The Morgan fingerprint density at radius 3 is 1.96 bits per heavy atom. The summed E-state index contributed by atoms with van der Waals surface area (Å²) in [7, 11) is 0. The first kappa shape index (κ1) is 13.4. The SMILES string of the molecule is O=C1c2ccccc2C(=O)c2c1cc(-c1ccccc1)[nH]c2=O. The van der Waals surface area contributed by atoms with Gasteiger partial charge in [0.15, 0.2) is 11.6 Å². The van der Waals surface area contributed by atoms with Crippen molar-refractivity contribution in [2.75, 3.05) is 0 Å². The summed E-state index contributed by atoms with van der Waals surface area (Å²) in [5.74, 6) is -0.699. The molecule has 1 N–H and O–H groups in total. The maximum absolute atomic E-state index is 12.7. The number of ketones is 2. The fourth-order valence-corrected chi connectivity index (χ4v) is 2.90. The number of aromatic nitrogens is 1. The van der Waals surface area contributed by atoms with Crippen LogP contribution in [0.1, 0.15) is 31.8 Å². The van der Waals surface area contributed by atoms with E-state index >= 15 is 0 Å². The van der Waals surface area contributed by atoms with Crippen LogP contribution in [0.3, 0.4) is 0 Å². The zero-order valence-corrected chi connectivity index (χ0v) is 12.0. The zero-order chi connectivity index (χ0) is 16.0. The van der Waals surface area contributed by atoms with E-state index in [0.29, 0.717) is 11.3 Å². The minimum Gasteiger partial charge on any atom is -0.321 e. The standard InChI is InChI=1S/C19H11NO3/c21-17-12-8-4-5-9-13(12)18(22)16-14(17)10-15(20-19(16)23)11-6-2-1-3-7-11/h1-10H,(H,20,23). The molecule has 0 saturated heterocycles. The Bertz CT molecular complexity index is 1020. The minimum absolute atomic E-state index is 0.0756. The Morgan fingerprint density at radius 1 is 0.652 bits per heavy atom. The molecule has 0 fully saturated rings. The van der Waals surface area contributed by atoms with E-state index in [2.05, 4.69) is 4.98 Å². The predicted molar refractivity (Wildman–Crippen MR) is 85.8 cm³/mol. The molecule has 3 aromatic rings. The molecule has 1 heterocycles. The Morgan fingerprint density at radius 2 is 1.26 bits per heavy atom. The fourth-order valence-electron chi connectivity index (χ4n) is 2.90. The Kier molecular flexibility index (Phi) is 2.84. The van der Waals surface area contributed by atoms with Gasteiger partial charge in [0.1, 0.15) is 0 Å². The van der Waals surface area contributed by atoms with Gasteiger partial charge in [-0.1, -0.05) is 54.6 Å². The first-order valence-electron chi connectivity index (χ1n) is 7.18. The highest BCUT2D eigenvalue weighted by Crippen LogP contribution is 2.27. The number of pyridine rings is 1. The molecule has 4 rings (SSSR count). The summed E-state index contributed by atoms with van der Waals surface area (Å²) in [6.07, 6.45) is 0. The Balaban J connectivity index is 1.99. The molecule has 4 nitrogen and oxygen atoms in total. The molecule has 23 heavy (non-hydrogen) atoms. The molecule has 0 spiro atoms. The van der Waals surface area contributed by atoms with Crippen LogP contribution in [-0.2, 0) is 0 Å². The summed E-state index contributed by atoms with van der Waals surface area (Å²) in [6, 6.07) is 17.4. The predicted octanol–water partition coefficient (Wildman–Crippen LogP) is 2.82. The number of carbonyl (C=O) groups excluding carboxylic acids is 2. The van der Waals surface area contributed by atoms with Crippen molar-refractivity contribution in [2.24, 2.45) is 0 Å². The molecule has 0 radical (unpaired) electrons. The molecule has 4 heteroatoms. The average Bonchev–Trinajstić information content (AvgIpc) is 2.60. The lowest BCUT2D eigenvalue weighted by Crippen LogP contribution is -2.29. The van der Waals surface area contributed by atoms with Gasteiger partial charge in [-0.25, -0.2) is 0 Å². The molecule has 2 aromatic carbocycles. The second-order valence-corrected chi connectivity index (χ2v) is 5.37. The third kappa shape index (κ3) is 1.96. The van der Waals surface area contributed by atoms with Crippen LogP contribution in [0.4, 0.5) is 0 Å². The van der Waals surface area contributed by atoms with Crippen LogP contribution in [0, 0.1) is 0 Å². The number of carbonyl (C=O) groups is 2. The molecule has 0 saturated carbocycles. The molecule has 1 aliphatic carbocycles. The second kappa shape index (κ2) is 4.88. The van der Waals surface area contributed by atoms with Crippen molar-refractivity contribution in [1.29, 1.82) is 0 Å². The maximum atomic E-state index is 12.7. The molecule has 0 bridgehead atoms. The van der Waals surface area contributed by atoms with Crippen LogP contribution < -0.4 is 5.56 Å². The van der Waals surface area contributed by atoms with E-state index in [1.807, 2.05) is 30.3 Å². The fraction of sp³-hybridized carbons (Fsp3) is 0. The Hall–Kier alpha value is -3.27. The number of nitrogens with one attached hydrogen (secondary N) is 1. The number of fused-ring (bicyclic) bond motifs is 2. The van der Waals surface area contributed by atoms with E-state index in [4.69, 9.17) is 0 Å². The van der Waals surface area contributed by atoms with E-state index in [9.17, 15) is 14.4 Å². The number of H-pyrrole nitrogens is 1. The van der Waals surface area contributed by atoms with Gasteiger partial charge in [0, 0.05) is 22.4 Å². The number of rotatable bonds is 1. The third-order valence-electron chi connectivity index (χ3n) is 4.01. The van der Waals surface area contributed by atoms with Crippen LogP contribution in [0.25, 0.3) is 11.3 Å². The van der Waals surface area contributed by atoms with Crippen LogP contribution in [-0.4, -0.2) is 16.6 Å². The lowest BCUT2D eigenvalue weighted by molar-refractivity contribution is 0.0978. The smallest absolute Gasteiger partial charge is 0.260 e. The average molecular weight is 301 g/mol. The molecular formula is C19H11NO3. The molecule has 110 valence electrons. The van der Waals surface area contributed by atoms with Crippen LogP contribution in [0.5, 0.6) is 0 Å². The van der Waals surface area contributed by atoms with Crippen molar-refractivity contribution in [2.45, 2.75) is 0 Å². The highest BCUT2D eigenvalue weighted by molar-refractivity contribution is 6.28. The van der Waals surface area contributed by atoms with Gasteiger partial charge in [-0.3, -0.25) is 14.4 Å². The molecular weight excluding hydrogens is 290 g/mol. The summed E-state index contributed by atoms with van der Waals surface area (Å²) < 4.78 is 0. The van der Waals surface area contributed by atoms with Gasteiger partial charge in [-0.05, 0) is 11.6 Å². The van der Waals surface area contributed by atoms with Gasteiger partial charge in [0.05, 0.1) is 5.56 Å². The Labute approximate surface area is 131 Å². The van der Waals surface area contributed by atoms with Crippen molar-refractivity contribution in [3.05, 3.63) is 93.3 Å². The summed E-state index contributed by atoms with van der Waals surface area (Å²) in [4.78, 5) is 40.3. The topological polar surface area (TPSA) is 67.0 Å². The summed E-state index contributed by atoms with van der Waals surface area (Å²) in [5, 5.41) is 0. The zero-order valence-electron chi connectivity index (χ0n) is 12.0. The summed E-state index contributed by atoms with van der Waals surface area (Å²) >= 11 is 0. The van der Waals surface area contributed by atoms with Gasteiger partial charge < -0.3 is 4.98 Å². The lowest BCUT2D eigenvalue weighted by Gasteiger charge is -2.17. The van der Waals surface area contributed by atoms with Crippen LogP contribution >= 0.6 is 0 Å². The monoisotopic (exact) mass is 301 g/mol. The van der Waals surface area contributed by atoms with Crippen molar-refractivity contribution < 1.29 is 9.59 Å². The number of benzene rings is 2. The second-order valence-electron chi connectivity index (χ2n) is 5.37. The third-order valence-corrected chi connectivity index (χ3v) is 4.01. The normalized spacial score (nSPS) is 12.7. The van der Waals surface area contributed by atoms with Gasteiger partial charge >= 0.3 is 0 Å². The first-order valence-corrected chi connectivity index (χ1v) is 7.18. The number of hydrogen-bond donors (Lipinski definition) is 1.